The second-order valence-corrected chi connectivity index (χ2v) is 17.8. The first-order valence-corrected chi connectivity index (χ1v) is 20.8. The van der Waals surface area contributed by atoms with E-state index >= 15 is 0 Å². The number of rotatable bonds is 12. The van der Waals surface area contributed by atoms with Gasteiger partial charge in [-0.3, -0.25) is 19.3 Å². The van der Waals surface area contributed by atoms with E-state index in [1.807, 2.05) is 26.1 Å². The molecule has 1 aliphatic heterocycles. The molecular formula is C46H59N5O3. The highest BCUT2D eigenvalue weighted by Gasteiger charge is 2.48. The van der Waals surface area contributed by atoms with Crippen LogP contribution >= 0.6 is 0 Å². The number of ketones is 2. The molecule has 5 fully saturated rings. The Morgan fingerprint density at radius 3 is 2.30 bits per heavy atom. The van der Waals surface area contributed by atoms with Crippen LogP contribution in [0.2, 0.25) is 0 Å². The second-order valence-electron chi connectivity index (χ2n) is 17.8. The Labute approximate surface area is 321 Å². The zero-order chi connectivity index (χ0) is 37.7. The molecule has 2 aromatic heterocycles. The average Bonchev–Trinajstić information content (AvgIpc) is 3.48. The average molecular weight is 730 g/mol. The Bertz CT molecular complexity index is 1970. The third-order valence-electron chi connectivity index (χ3n) is 13.7. The highest BCUT2D eigenvalue weighted by Crippen LogP contribution is 2.57. The van der Waals surface area contributed by atoms with Crippen LogP contribution in [-0.2, 0) is 9.59 Å². The van der Waals surface area contributed by atoms with Gasteiger partial charge in [0.25, 0.3) is 0 Å². The third kappa shape index (κ3) is 7.47. The quantitative estimate of drug-likeness (QED) is 0.188. The summed E-state index contributed by atoms with van der Waals surface area (Å²) in [5.74, 6) is 5.56. The number of anilines is 1. The van der Waals surface area contributed by atoms with Crippen molar-refractivity contribution in [3.63, 3.8) is 0 Å². The number of pyridine rings is 1. The predicted octanol–water partition coefficient (Wildman–Crippen LogP) is 8.49. The van der Waals surface area contributed by atoms with Gasteiger partial charge in [0.2, 0.25) is 5.91 Å². The number of aromatic nitrogens is 2. The largest absolute Gasteiger partial charge is 0.355 e. The van der Waals surface area contributed by atoms with Gasteiger partial charge in [0.05, 0.1) is 0 Å². The summed E-state index contributed by atoms with van der Waals surface area (Å²) in [6, 6.07) is 8.70. The molecule has 4 bridgehead atoms. The van der Waals surface area contributed by atoms with Crippen LogP contribution in [0.5, 0.6) is 0 Å². The molecule has 8 heteroatoms. The summed E-state index contributed by atoms with van der Waals surface area (Å²) < 4.78 is 2.26. The van der Waals surface area contributed by atoms with E-state index < -0.39 is 0 Å². The van der Waals surface area contributed by atoms with Crippen molar-refractivity contribution in [2.24, 2.45) is 29.6 Å². The number of carbonyl (C=O) groups is 3. The Morgan fingerprint density at radius 2 is 1.65 bits per heavy atom. The zero-order valence-electron chi connectivity index (χ0n) is 33.1. The summed E-state index contributed by atoms with van der Waals surface area (Å²) in [6.45, 7) is 15.7. The SMILES string of the molecule is CC1=CC(C)=C(CCC(=O)c2cc(-c3ccc(N4CCN(CCNC(=O)CC5C6CC7CC(C6)CC5C7)CC4)nc3)cc3c2c(C)cn3C(C)C)C(=O)C1. The monoisotopic (exact) mass is 729 g/mol. The first kappa shape index (κ1) is 36.9. The molecule has 0 unspecified atom stereocenters. The number of nitrogens with one attached hydrogen (secondary N) is 1. The molecule has 0 atom stereocenters. The highest BCUT2D eigenvalue weighted by atomic mass is 16.1. The molecule has 1 aromatic carbocycles. The van der Waals surface area contributed by atoms with E-state index in [9.17, 15) is 14.4 Å². The lowest BCUT2D eigenvalue weighted by molar-refractivity contribution is -0.126. The second kappa shape index (κ2) is 15.2. The first-order chi connectivity index (χ1) is 26.0. The number of piperazine rings is 1. The minimum Gasteiger partial charge on any atom is -0.355 e. The van der Waals surface area contributed by atoms with Gasteiger partial charge in [0, 0.05) is 99.0 Å². The maximum absolute atomic E-state index is 14.0. The molecule has 6 aliphatic rings. The molecule has 1 amide bonds. The molecule has 3 heterocycles. The van der Waals surface area contributed by atoms with Crippen LogP contribution in [0.25, 0.3) is 22.0 Å². The van der Waals surface area contributed by atoms with Crippen LogP contribution in [0, 0.1) is 36.5 Å². The van der Waals surface area contributed by atoms with Crippen LogP contribution in [0.4, 0.5) is 5.82 Å². The van der Waals surface area contributed by atoms with Gasteiger partial charge in [-0.2, -0.15) is 0 Å². The van der Waals surface area contributed by atoms with Gasteiger partial charge in [-0.15, -0.1) is 0 Å². The van der Waals surface area contributed by atoms with Crippen LogP contribution in [-0.4, -0.2) is 71.2 Å². The third-order valence-corrected chi connectivity index (χ3v) is 13.7. The van der Waals surface area contributed by atoms with Crippen molar-refractivity contribution in [2.75, 3.05) is 44.2 Å². The van der Waals surface area contributed by atoms with Crippen molar-refractivity contribution in [1.29, 1.82) is 0 Å². The van der Waals surface area contributed by atoms with Gasteiger partial charge in [-0.1, -0.05) is 11.6 Å². The van der Waals surface area contributed by atoms with Crippen molar-refractivity contribution in [1.82, 2.24) is 19.8 Å². The molecule has 1 saturated heterocycles. The fraction of sp³-hybridized carbons (Fsp3) is 0.565. The van der Waals surface area contributed by atoms with Crippen LogP contribution in [0.15, 0.2) is 59.5 Å². The predicted molar refractivity (Wildman–Crippen MR) is 217 cm³/mol. The Kier molecular flexibility index (Phi) is 10.4. The molecule has 286 valence electrons. The summed E-state index contributed by atoms with van der Waals surface area (Å²) in [7, 11) is 0. The van der Waals surface area contributed by atoms with Crippen molar-refractivity contribution < 1.29 is 14.4 Å². The van der Waals surface area contributed by atoms with Crippen LogP contribution in [0.1, 0.15) is 107 Å². The van der Waals surface area contributed by atoms with Gasteiger partial charge >= 0.3 is 0 Å². The lowest BCUT2D eigenvalue weighted by atomic mass is 9.51. The number of benzene rings is 1. The number of amides is 1. The van der Waals surface area contributed by atoms with Crippen molar-refractivity contribution in [2.45, 2.75) is 98.4 Å². The normalized spacial score (nSPS) is 25.6. The number of carbonyl (C=O) groups excluding carboxylic acids is 3. The van der Waals surface area contributed by atoms with Crippen LogP contribution < -0.4 is 10.2 Å². The highest BCUT2D eigenvalue weighted by molar-refractivity contribution is 6.11. The molecule has 0 radical (unpaired) electrons. The topological polar surface area (TPSA) is 87.5 Å². The van der Waals surface area contributed by atoms with Gasteiger partial charge in [0.1, 0.15) is 5.82 Å². The van der Waals surface area contributed by atoms with E-state index in [1.165, 1.54) is 32.1 Å². The molecule has 0 spiro atoms. The first-order valence-electron chi connectivity index (χ1n) is 20.8. The summed E-state index contributed by atoms with van der Waals surface area (Å²) in [5.41, 5.74) is 7.66. The van der Waals surface area contributed by atoms with E-state index in [0.29, 0.717) is 25.2 Å². The molecule has 1 N–H and O–H groups in total. The Hall–Kier alpha value is -4.04. The maximum Gasteiger partial charge on any atom is 0.220 e. The zero-order valence-corrected chi connectivity index (χ0v) is 33.1. The standard InChI is InChI=1S/C46H59N5O3/c1-28(2)51-27-31(5)46-40(42(52)8-7-38-30(4)16-29(3)17-43(38)53)23-35(24-41(46)51)34-6-9-44(48-26-34)50-14-12-49(13-15-50)11-10-47-45(54)25-39-36-19-32-18-33(21-36)22-37(39)20-32/h6,9,16,23-24,26-28,32-33,36-37,39H,7-8,10-15,17-22,25H2,1-5H3,(H,47,54). The minimum absolute atomic E-state index is 0.0653. The molecule has 5 aliphatic carbocycles. The fourth-order valence-corrected chi connectivity index (χ4v) is 11.2. The number of Topliss-reactive ketones (excluding diaryl/α,β-unsaturated/α-hetero) is 2. The van der Waals surface area contributed by atoms with Gasteiger partial charge in [0.15, 0.2) is 11.6 Å². The minimum atomic E-state index is 0.0653. The summed E-state index contributed by atoms with van der Waals surface area (Å²) >= 11 is 0. The number of fused-ring (bicyclic) bond motifs is 1. The molecular weight excluding hydrogens is 671 g/mol. The summed E-state index contributed by atoms with van der Waals surface area (Å²) in [6.07, 6.45) is 15.1. The van der Waals surface area contributed by atoms with Crippen molar-refractivity contribution >= 4 is 34.2 Å². The Morgan fingerprint density at radius 1 is 0.926 bits per heavy atom. The van der Waals surface area contributed by atoms with E-state index in [2.05, 4.69) is 70.9 Å². The van der Waals surface area contributed by atoms with E-state index in [1.54, 1.807) is 0 Å². The van der Waals surface area contributed by atoms with Gasteiger partial charge < -0.3 is 14.8 Å². The van der Waals surface area contributed by atoms with Crippen LogP contribution in [0.3, 0.4) is 0 Å². The lowest BCUT2D eigenvalue weighted by Gasteiger charge is -2.54. The number of aryl methyl sites for hydroxylation is 1. The summed E-state index contributed by atoms with van der Waals surface area (Å²) in [5, 5.41) is 4.27. The van der Waals surface area contributed by atoms with Gasteiger partial charge in [-0.25, -0.2) is 4.98 Å². The lowest BCUT2D eigenvalue weighted by Crippen LogP contribution is -2.49. The molecule has 54 heavy (non-hydrogen) atoms. The number of allylic oxidation sites excluding steroid dienone is 4. The van der Waals surface area contributed by atoms with E-state index in [4.69, 9.17) is 4.98 Å². The number of nitrogens with zero attached hydrogens (tertiary/aromatic N) is 4. The van der Waals surface area contributed by atoms with E-state index in [-0.39, 0.29) is 23.5 Å². The molecule has 8 nitrogen and oxygen atoms in total. The van der Waals surface area contributed by atoms with Crippen molar-refractivity contribution in [3.8, 4) is 11.1 Å². The Balaban J connectivity index is 0.887. The number of hydrogen-bond donors (Lipinski definition) is 1. The van der Waals surface area contributed by atoms with Crippen molar-refractivity contribution in [3.05, 3.63) is 70.6 Å². The molecule has 3 aromatic rings. The molecule has 4 saturated carbocycles. The summed E-state index contributed by atoms with van der Waals surface area (Å²) in [4.78, 5) is 49.5. The number of hydrogen-bond acceptors (Lipinski definition) is 6. The maximum atomic E-state index is 14.0. The smallest absolute Gasteiger partial charge is 0.220 e. The molecule has 9 rings (SSSR count). The van der Waals surface area contributed by atoms with E-state index in [0.717, 1.165) is 125 Å². The van der Waals surface area contributed by atoms with Gasteiger partial charge in [-0.05, 0) is 149 Å². The fourth-order valence-electron chi connectivity index (χ4n) is 11.2.